The van der Waals surface area contributed by atoms with Crippen LogP contribution in [0.3, 0.4) is 0 Å². The Morgan fingerprint density at radius 1 is 1.29 bits per heavy atom. The Kier molecular flexibility index (Phi) is 4.19. The van der Waals surface area contributed by atoms with Crippen LogP contribution in [0.25, 0.3) is 0 Å². The third-order valence-electron chi connectivity index (χ3n) is 4.61. The maximum absolute atomic E-state index is 10.8. The lowest BCUT2D eigenvalue weighted by Gasteiger charge is -2.47. The molecule has 0 spiro atoms. The molecule has 2 N–H and O–H groups in total. The number of anilines is 1. The van der Waals surface area contributed by atoms with Crippen LogP contribution in [0.5, 0.6) is 0 Å². The van der Waals surface area contributed by atoms with E-state index in [1.165, 1.54) is 0 Å². The van der Waals surface area contributed by atoms with Crippen molar-refractivity contribution in [1.29, 1.82) is 0 Å². The Hall–Kier alpha value is -1.50. The molecule has 1 aromatic rings. The number of nitrogens with one attached hydrogen (secondary N) is 1. The van der Waals surface area contributed by atoms with Crippen LogP contribution in [0, 0.1) is 17.8 Å². The molecule has 3 heterocycles. The smallest absolute Gasteiger partial charge is 0.141 e. The highest BCUT2D eigenvalue weighted by Gasteiger charge is 2.44. The molecule has 3 aliphatic rings. The molecule has 1 unspecified atom stereocenters. The van der Waals surface area contributed by atoms with Crippen molar-refractivity contribution in [3.63, 3.8) is 0 Å². The number of rotatable bonds is 3. The summed E-state index contributed by atoms with van der Waals surface area (Å²) in [4.78, 5) is 2.33. The van der Waals surface area contributed by atoms with E-state index in [1.807, 2.05) is 12.1 Å². The third kappa shape index (κ3) is 3.23. The van der Waals surface area contributed by atoms with Crippen molar-refractivity contribution >= 4 is 5.69 Å². The van der Waals surface area contributed by atoms with Crippen molar-refractivity contribution in [1.82, 2.24) is 4.90 Å². The van der Waals surface area contributed by atoms with Gasteiger partial charge in [0.25, 0.3) is 0 Å². The second kappa shape index (κ2) is 6.09. The van der Waals surface area contributed by atoms with E-state index in [4.69, 9.17) is 0 Å². The van der Waals surface area contributed by atoms with Crippen molar-refractivity contribution in [3.05, 3.63) is 29.8 Å². The average Bonchev–Trinajstić information content (AvgIpc) is 2.53. The Labute approximate surface area is 127 Å². The first-order valence-electron chi connectivity index (χ1n) is 8.01. The fourth-order valence-electron chi connectivity index (χ4n) is 3.30. The highest BCUT2D eigenvalue weighted by molar-refractivity contribution is 5.48. The van der Waals surface area contributed by atoms with Crippen LogP contribution in [-0.2, 0) is 0 Å². The summed E-state index contributed by atoms with van der Waals surface area (Å²) in [5.74, 6) is 6.67. The van der Waals surface area contributed by atoms with Crippen LogP contribution >= 0.6 is 0 Å². The van der Waals surface area contributed by atoms with E-state index in [2.05, 4.69) is 41.1 Å². The molecule has 3 aliphatic heterocycles. The van der Waals surface area contributed by atoms with Gasteiger partial charge in [0.1, 0.15) is 5.60 Å². The lowest BCUT2D eigenvalue weighted by molar-refractivity contribution is -0.0713. The number of hydrogen-bond donors (Lipinski definition) is 2. The summed E-state index contributed by atoms with van der Waals surface area (Å²) in [6, 6.07) is 8.16. The van der Waals surface area contributed by atoms with Crippen molar-refractivity contribution in [2.45, 2.75) is 31.8 Å². The van der Waals surface area contributed by atoms with E-state index in [1.54, 1.807) is 0 Å². The molecule has 4 rings (SSSR count). The van der Waals surface area contributed by atoms with E-state index in [9.17, 15) is 5.11 Å². The van der Waals surface area contributed by atoms with Crippen LogP contribution in [0.1, 0.15) is 31.7 Å². The van der Waals surface area contributed by atoms with Crippen molar-refractivity contribution < 1.29 is 5.11 Å². The summed E-state index contributed by atoms with van der Waals surface area (Å²) < 4.78 is 0. The van der Waals surface area contributed by atoms with Gasteiger partial charge in [0.15, 0.2) is 0 Å². The van der Waals surface area contributed by atoms with E-state index in [0.717, 1.165) is 50.1 Å². The fourth-order valence-corrected chi connectivity index (χ4v) is 3.30. The van der Waals surface area contributed by atoms with Gasteiger partial charge in [-0.05, 0) is 56.6 Å². The Morgan fingerprint density at radius 2 is 2.00 bits per heavy atom. The number of piperidine rings is 3. The average molecular weight is 284 g/mol. The second-order valence-electron chi connectivity index (χ2n) is 6.23. The number of hydrogen-bond acceptors (Lipinski definition) is 3. The van der Waals surface area contributed by atoms with Gasteiger partial charge >= 0.3 is 0 Å². The van der Waals surface area contributed by atoms with Crippen LogP contribution in [0.15, 0.2) is 24.3 Å². The van der Waals surface area contributed by atoms with Crippen LogP contribution < -0.4 is 5.32 Å². The third-order valence-corrected chi connectivity index (χ3v) is 4.61. The summed E-state index contributed by atoms with van der Waals surface area (Å²) in [6.07, 6.45) is 3.27. The number of aliphatic hydroxyl groups is 1. The number of nitrogens with zero attached hydrogens (tertiary/aromatic N) is 1. The molecule has 21 heavy (non-hydrogen) atoms. The molecule has 3 fully saturated rings. The normalized spacial score (nSPS) is 30.6. The summed E-state index contributed by atoms with van der Waals surface area (Å²) in [7, 11) is 0. The van der Waals surface area contributed by atoms with Crippen LogP contribution in [0.4, 0.5) is 5.69 Å². The molecule has 0 aromatic heterocycles. The molecule has 0 amide bonds. The van der Waals surface area contributed by atoms with Crippen molar-refractivity contribution in [2.75, 3.05) is 31.5 Å². The summed E-state index contributed by atoms with van der Waals surface area (Å²) in [6.45, 7) is 6.09. The molecular formula is C18H24N2O. The maximum atomic E-state index is 10.8. The minimum absolute atomic E-state index is 0.348. The Balaban J connectivity index is 1.69. The van der Waals surface area contributed by atoms with E-state index in [0.29, 0.717) is 12.5 Å². The van der Waals surface area contributed by atoms with Crippen molar-refractivity contribution in [3.8, 4) is 11.8 Å². The minimum atomic E-state index is -0.810. The van der Waals surface area contributed by atoms with Gasteiger partial charge in [-0.15, -0.1) is 0 Å². The van der Waals surface area contributed by atoms with Crippen LogP contribution in [0.2, 0.25) is 0 Å². The zero-order chi connectivity index (χ0) is 14.7. The molecule has 0 radical (unpaired) electrons. The van der Waals surface area contributed by atoms with Gasteiger partial charge in [-0.25, -0.2) is 0 Å². The quantitative estimate of drug-likeness (QED) is 0.836. The van der Waals surface area contributed by atoms with Gasteiger partial charge in [-0.3, -0.25) is 4.90 Å². The molecule has 3 heteroatoms. The SMILES string of the molecule is CCCNc1ccc(C#CC2(O)CN3CCC2CC3)cc1. The minimum Gasteiger partial charge on any atom is -0.385 e. The lowest BCUT2D eigenvalue weighted by Crippen LogP contribution is -2.58. The number of benzene rings is 1. The first kappa shape index (κ1) is 14.4. The van der Waals surface area contributed by atoms with Gasteiger partial charge in [0, 0.05) is 30.3 Å². The van der Waals surface area contributed by atoms with Crippen LogP contribution in [-0.4, -0.2) is 41.8 Å². The molecule has 0 aliphatic carbocycles. The molecule has 0 saturated carbocycles. The Morgan fingerprint density at radius 3 is 2.57 bits per heavy atom. The second-order valence-corrected chi connectivity index (χ2v) is 6.23. The molecule has 112 valence electrons. The maximum Gasteiger partial charge on any atom is 0.141 e. The molecule has 3 saturated heterocycles. The monoisotopic (exact) mass is 284 g/mol. The molecule has 2 bridgehead atoms. The number of fused-ring (bicyclic) bond motifs is 3. The van der Waals surface area contributed by atoms with Gasteiger partial charge in [0.2, 0.25) is 0 Å². The van der Waals surface area contributed by atoms with Crippen molar-refractivity contribution in [2.24, 2.45) is 5.92 Å². The molecule has 3 nitrogen and oxygen atoms in total. The first-order chi connectivity index (χ1) is 10.2. The lowest BCUT2D eigenvalue weighted by atomic mass is 9.76. The summed E-state index contributed by atoms with van der Waals surface area (Å²) in [5.41, 5.74) is 1.29. The van der Waals surface area contributed by atoms with Gasteiger partial charge < -0.3 is 10.4 Å². The highest BCUT2D eigenvalue weighted by Crippen LogP contribution is 2.35. The van der Waals surface area contributed by atoms with Gasteiger partial charge in [-0.1, -0.05) is 18.8 Å². The highest BCUT2D eigenvalue weighted by atomic mass is 16.3. The largest absolute Gasteiger partial charge is 0.385 e. The predicted molar refractivity (Wildman–Crippen MR) is 86.2 cm³/mol. The van der Waals surface area contributed by atoms with E-state index < -0.39 is 5.60 Å². The van der Waals surface area contributed by atoms with E-state index in [-0.39, 0.29) is 0 Å². The van der Waals surface area contributed by atoms with Gasteiger partial charge in [-0.2, -0.15) is 0 Å². The summed E-state index contributed by atoms with van der Waals surface area (Å²) >= 11 is 0. The standard InChI is InChI=1S/C18H24N2O/c1-2-11-19-17-5-3-15(4-6-17)7-10-18(21)14-20-12-8-16(18)9-13-20/h3-6,16,19,21H,2,8-9,11-14H2,1H3. The predicted octanol–water partition coefficient (Wildman–Crippen LogP) is 2.32. The zero-order valence-electron chi connectivity index (χ0n) is 12.7. The topological polar surface area (TPSA) is 35.5 Å². The first-order valence-corrected chi connectivity index (χ1v) is 8.01. The summed E-state index contributed by atoms with van der Waals surface area (Å²) in [5, 5.41) is 14.1. The van der Waals surface area contributed by atoms with Gasteiger partial charge in [0.05, 0.1) is 0 Å². The van der Waals surface area contributed by atoms with E-state index >= 15 is 0 Å². The molecule has 1 atom stereocenters. The fraction of sp³-hybridized carbons (Fsp3) is 0.556. The molecular weight excluding hydrogens is 260 g/mol. The Bertz CT molecular complexity index is 535. The zero-order valence-corrected chi connectivity index (χ0v) is 12.7. The molecule has 1 aromatic carbocycles.